The van der Waals surface area contributed by atoms with E-state index in [2.05, 4.69) is 52.7 Å². The van der Waals surface area contributed by atoms with Gasteiger partial charge in [-0.05, 0) is 102 Å². The first-order valence-electron chi connectivity index (χ1n) is 38.3. The van der Waals surface area contributed by atoms with Crippen molar-refractivity contribution in [3.05, 3.63) is 0 Å². The van der Waals surface area contributed by atoms with E-state index < -0.39 is 129 Å². The molecule has 0 aromatic rings. The molecule has 3 aliphatic rings. The smallest absolute Gasteiger partial charge is 0.234 e. The number of hydrogen-bond acceptors (Lipinski definition) is 26. The van der Waals surface area contributed by atoms with E-state index in [1.165, 1.54) is 14.0 Å². The van der Waals surface area contributed by atoms with Gasteiger partial charge in [0.15, 0.2) is 18.9 Å². The summed E-state index contributed by atoms with van der Waals surface area (Å²) in [5.74, 6) is -2.36. The van der Waals surface area contributed by atoms with Gasteiger partial charge in [-0.15, -0.1) is 0 Å². The van der Waals surface area contributed by atoms with Gasteiger partial charge in [-0.2, -0.15) is 0 Å². The van der Waals surface area contributed by atoms with Gasteiger partial charge in [0.2, 0.25) is 35.4 Å². The van der Waals surface area contributed by atoms with E-state index in [1.807, 2.05) is 0 Å². The summed E-state index contributed by atoms with van der Waals surface area (Å²) in [6.45, 7) is 11.3. The number of unbranched alkanes of at least 4 members (excludes halogenated alkanes) is 9. The fourth-order valence-corrected chi connectivity index (χ4v) is 12.0. The Morgan fingerprint density at radius 3 is 1.21 bits per heavy atom. The van der Waals surface area contributed by atoms with Crippen LogP contribution in [0.15, 0.2) is 0 Å². The van der Waals surface area contributed by atoms with E-state index >= 15 is 0 Å². The summed E-state index contributed by atoms with van der Waals surface area (Å²) in [5.41, 5.74) is 0. The van der Waals surface area contributed by atoms with E-state index in [-0.39, 0.29) is 158 Å². The SMILES string of the molecule is CC(C)C.COCCC(=O)CCCC(=O)NCCCCC(C(=O)CCCCNC(=O)CCCCCO[C@@H]1OC(CO)[C@H](O)[C@H](O)C1C)N(CC(=O)CCCCNC(=O)CCCCCO[C@@H]1OC(CO)[C@H](O)[C@H](O)C1NC(C)=O)CC(=O)NCCCNC(=O)CCCCCO[C@@H]1OC(CO)[C@H](O)[C@H](O)C1C. The molecule has 16 atom stereocenters. The van der Waals surface area contributed by atoms with Crippen molar-refractivity contribution in [2.75, 3.05) is 99.2 Å². The minimum atomic E-state index is -1.44. The lowest BCUT2D eigenvalue weighted by molar-refractivity contribution is -0.282. The highest BCUT2D eigenvalue weighted by atomic mass is 16.7. The average Bonchev–Trinajstić information content (AvgIpc) is 0.823. The number of aliphatic hydroxyl groups excluding tert-OH is 9. The van der Waals surface area contributed by atoms with Crippen LogP contribution in [-0.4, -0.2) is 289 Å². The number of nitrogens with zero attached hydrogens (tertiary/aromatic N) is 1. The predicted molar refractivity (Wildman–Crippen MR) is 385 cm³/mol. The first-order chi connectivity index (χ1) is 50.2. The highest BCUT2D eigenvalue weighted by Crippen LogP contribution is 2.29. The minimum Gasteiger partial charge on any atom is -0.394 e. The second-order valence-corrected chi connectivity index (χ2v) is 28.4. The lowest BCUT2D eigenvalue weighted by Crippen LogP contribution is -2.64. The molecule has 0 bridgehead atoms. The lowest BCUT2D eigenvalue weighted by atomic mass is 9.92. The van der Waals surface area contributed by atoms with Crippen LogP contribution in [0.1, 0.15) is 208 Å². The summed E-state index contributed by atoms with van der Waals surface area (Å²) in [6.07, 6.45) is -2.98. The van der Waals surface area contributed by atoms with Gasteiger partial charge in [0.25, 0.3) is 0 Å². The number of Topliss-reactive ketones (excluding diaryl/α,β-unsaturated/α-hetero) is 3. The molecule has 105 heavy (non-hydrogen) atoms. The fourth-order valence-electron chi connectivity index (χ4n) is 12.0. The Balaban J connectivity index is 0.00000911. The zero-order valence-corrected chi connectivity index (χ0v) is 63.6. The number of ketones is 3. The number of carbonyl (C=O) groups is 9. The van der Waals surface area contributed by atoms with E-state index in [9.17, 15) is 89.1 Å². The maximum atomic E-state index is 14.4. The van der Waals surface area contributed by atoms with Gasteiger partial charge in [0.1, 0.15) is 66.1 Å². The number of nitrogens with one attached hydrogen (secondary N) is 6. The quantitative estimate of drug-likeness (QED) is 0.0370. The third-order valence-electron chi connectivity index (χ3n) is 18.2. The molecule has 0 saturated carbocycles. The average molecular weight is 1510 g/mol. The summed E-state index contributed by atoms with van der Waals surface area (Å²) >= 11 is 0. The molecule has 6 amide bonds. The summed E-state index contributed by atoms with van der Waals surface area (Å²) in [7, 11) is 1.51. The second kappa shape index (κ2) is 57.3. The molecule has 0 aliphatic carbocycles. The van der Waals surface area contributed by atoms with Gasteiger partial charge in [0, 0.05) is 130 Å². The summed E-state index contributed by atoms with van der Waals surface area (Å²) in [5, 5.41) is 107. The van der Waals surface area contributed by atoms with Gasteiger partial charge in [-0.3, -0.25) is 48.1 Å². The molecule has 3 saturated heterocycles. The third-order valence-corrected chi connectivity index (χ3v) is 18.2. The molecule has 0 radical (unpaired) electrons. The molecule has 3 rings (SSSR count). The monoisotopic (exact) mass is 1510 g/mol. The summed E-state index contributed by atoms with van der Waals surface area (Å²) < 4.78 is 39.1. The van der Waals surface area contributed by atoms with Crippen molar-refractivity contribution >= 4 is 52.8 Å². The maximum Gasteiger partial charge on any atom is 0.234 e. The van der Waals surface area contributed by atoms with Crippen molar-refractivity contribution < 1.29 is 122 Å². The van der Waals surface area contributed by atoms with Crippen molar-refractivity contribution in [3.63, 3.8) is 0 Å². The number of ether oxygens (including phenoxy) is 7. The normalized spacial score (nSPS) is 24.8. The van der Waals surface area contributed by atoms with Gasteiger partial charge < -0.3 is 111 Å². The number of carbonyl (C=O) groups excluding carboxylic acids is 9. The van der Waals surface area contributed by atoms with Crippen molar-refractivity contribution in [3.8, 4) is 0 Å². The largest absolute Gasteiger partial charge is 0.394 e. The van der Waals surface area contributed by atoms with E-state index in [1.54, 1.807) is 18.7 Å². The van der Waals surface area contributed by atoms with E-state index in [0.717, 1.165) is 5.92 Å². The van der Waals surface area contributed by atoms with E-state index in [0.29, 0.717) is 122 Å². The van der Waals surface area contributed by atoms with Crippen LogP contribution < -0.4 is 31.9 Å². The molecule has 3 aliphatic heterocycles. The molecule has 32 heteroatoms. The highest BCUT2D eigenvalue weighted by Gasteiger charge is 2.46. The van der Waals surface area contributed by atoms with Gasteiger partial charge in [-0.25, -0.2) is 0 Å². The van der Waals surface area contributed by atoms with Crippen molar-refractivity contribution in [2.45, 2.75) is 294 Å². The highest BCUT2D eigenvalue weighted by molar-refractivity contribution is 5.88. The zero-order chi connectivity index (χ0) is 78.1. The number of hydrogen-bond donors (Lipinski definition) is 15. The van der Waals surface area contributed by atoms with Gasteiger partial charge in [-0.1, -0.05) is 53.9 Å². The van der Waals surface area contributed by atoms with Crippen LogP contribution in [-0.2, 0) is 76.3 Å². The zero-order valence-electron chi connectivity index (χ0n) is 63.6. The number of rotatable bonds is 57. The third kappa shape index (κ3) is 41.5. The number of methoxy groups -OCH3 is 1. The Labute approximate surface area is 620 Å². The first-order valence-corrected chi connectivity index (χ1v) is 38.3. The van der Waals surface area contributed by atoms with Crippen molar-refractivity contribution in [2.24, 2.45) is 17.8 Å². The summed E-state index contributed by atoms with van der Waals surface area (Å²) in [6, 6.07) is -1.96. The molecular weight excluding hydrogens is 1370 g/mol. The number of amides is 6. The molecule has 3 fully saturated rings. The maximum absolute atomic E-state index is 14.4. The predicted octanol–water partition coefficient (Wildman–Crippen LogP) is 0.540. The van der Waals surface area contributed by atoms with Crippen LogP contribution in [0.2, 0.25) is 0 Å². The Kier molecular flexibility index (Phi) is 52.5. The van der Waals surface area contributed by atoms with Gasteiger partial charge in [0.05, 0.1) is 57.8 Å². The van der Waals surface area contributed by atoms with Crippen molar-refractivity contribution in [1.82, 2.24) is 36.8 Å². The van der Waals surface area contributed by atoms with Crippen LogP contribution in [0, 0.1) is 17.8 Å². The second-order valence-electron chi connectivity index (χ2n) is 28.4. The molecule has 32 nitrogen and oxygen atoms in total. The number of aliphatic hydroxyl groups is 9. The fraction of sp³-hybridized carbons (Fsp3) is 0.877. The van der Waals surface area contributed by atoms with Crippen LogP contribution in [0.25, 0.3) is 0 Å². The molecule has 3 heterocycles. The topological polar surface area (TPSA) is 476 Å². The molecule has 0 aromatic carbocycles. The molecule has 0 aromatic heterocycles. The Hall–Kier alpha value is -4.85. The molecule has 0 spiro atoms. The Morgan fingerprint density at radius 2 is 0.771 bits per heavy atom. The lowest BCUT2D eigenvalue weighted by Gasteiger charge is -2.42. The molecule has 610 valence electrons. The molecule has 15 N–H and O–H groups in total. The van der Waals surface area contributed by atoms with Crippen molar-refractivity contribution in [1.29, 1.82) is 0 Å². The molecule has 7 unspecified atom stereocenters. The first kappa shape index (κ1) is 96.2. The van der Waals surface area contributed by atoms with Crippen LogP contribution in [0.5, 0.6) is 0 Å². The van der Waals surface area contributed by atoms with Gasteiger partial charge >= 0.3 is 0 Å². The molecular formula is C73H133N7O25. The van der Waals surface area contributed by atoms with E-state index in [4.69, 9.17) is 33.2 Å². The van der Waals surface area contributed by atoms with Crippen LogP contribution in [0.4, 0.5) is 0 Å². The minimum absolute atomic E-state index is 0.000279. The van der Waals surface area contributed by atoms with Crippen LogP contribution >= 0.6 is 0 Å². The van der Waals surface area contributed by atoms with Crippen LogP contribution in [0.3, 0.4) is 0 Å². The Bertz CT molecular complexity index is 2430. The summed E-state index contributed by atoms with van der Waals surface area (Å²) in [4.78, 5) is 119. The Morgan fingerprint density at radius 1 is 0.400 bits per heavy atom. The standard InChI is InChI=1S/C69H123N7O25.C4H10/c1-45-61(89)63(91)52(42-77)99-67(45)96-36-17-5-8-26-56(85)71-33-16-13-25-51(83)50(24-12-15-32-72-58(87)29-20-23-48(81)30-39-95-4)76(41-59(88)74-35-21-34-73-57(86)28-9-6-18-37-97-68-46(2)62(90)64(92)53(43-78)100-68)40-49(82)22-11-14-31-70-55(84)27-10-7-19-38-98-69-60(75-47(3)80)66(94)65(93)54(44-79)101-69;1-4(2)3/h45-46,50,52-54,60-69,77-79,89-94H,5-44H2,1-4H3,(H,70,84)(H,71,85)(H,72,87)(H,73,86)(H,74,88)(H,75,80);4H,1-3H3/t45?,46?,50?,52?,53?,54?,60?,61-,62-,63+,64+,65+,66-,67-,68-,69-;/m1./s1.